The van der Waals surface area contributed by atoms with Gasteiger partial charge in [-0.1, -0.05) is 48.3 Å². The molecule has 2 unspecified atom stereocenters. The van der Waals surface area contributed by atoms with Crippen LogP contribution in [-0.4, -0.2) is 44.4 Å². The molecule has 7 nitrogen and oxygen atoms in total. The number of benzene rings is 2. The predicted octanol–water partition coefficient (Wildman–Crippen LogP) is 4.43. The lowest BCUT2D eigenvalue weighted by molar-refractivity contribution is -0.313. The lowest BCUT2D eigenvalue weighted by Crippen LogP contribution is -2.63. The van der Waals surface area contributed by atoms with Gasteiger partial charge in [-0.05, 0) is 47.4 Å². The first kappa shape index (κ1) is 29.6. The highest BCUT2D eigenvalue weighted by Crippen LogP contribution is 2.50. The van der Waals surface area contributed by atoms with Crippen LogP contribution < -0.4 is 10.6 Å². The van der Waals surface area contributed by atoms with E-state index in [4.69, 9.17) is 0 Å². The molecule has 0 saturated heterocycles. The fourth-order valence-electron chi connectivity index (χ4n) is 4.42. The smallest absolute Gasteiger partial charge is 0.419 e. The Morgan fingerprint density at radius 1 is 1.05 bits per heavy atom. The van der Waals surface area contributed by atoms with Crippen LogP contribution in [0.2, 0.25) is 0 Å². The Labute approximate surface area is 216 Å². The zero-order valence-electron chi connectivity index (χ0n) is 20.2. The molecule has 2 aromatic rings. The predicted molar refractivity (Wildman–Crippen MR) is 125 cm³/mol. The molecule has 0 radical (unpaired) electrons. The van der Waals surface area contributed by atoms with Crippen molar-refractivity contribution in [3.63, 3.8) is 0 Å². The molecule has 1 aliphatic heterocycles. The summed E-state index contributed by atoms with van der Waals surface area (Å²) < 4.78 is 105. The summed E-state index contributed by atoms with van der Waals surface area (Å²) >= 11 is -2.35. The molecule has 2 aromatic carbocycles. The van der Waals surface area contributed by atoms with Gasteiger partial charge in [0.15, 0.2) is 0 Å². The van der Waals surface area contributed by atoms with Crippen LogP contribution in [0.1, 0.15) is 48.6 Å². The molecular formula is C24H24F6N3O4S-. The fourth-order valence-corrected chi connectivity index (χ4v) is 4.88. The van der Waals surface area contributed by atoms with E-state index >= 15 is 0 Å². The summed E-state index contributed by atoms with van der Waals surface area (Å²) in [7, 11) is 0. The lowest BCUT2D eigenvalue weighted by atomic mass is 9.87. The molecule has 0 fully saturated rings. The first-order valence-electron chi connectivity index (χ1n) is 11.4. The fraction of sp³-hybridized carbons (Fsp3) is 0.417. The largest absolute Gasteiger partial charge is 0.772 e. The Morgan fingerprint density at radius 3 is 2.16 bits per heavy atom. The average Bonchev–Trinajstić information content (AvgIpc) is 3.17. The molecule has 0 aromatic heterocycles. The van der Waals surface area contributed by atoms with Gasteiger partial charge in [0.2, 0.25) is 11.4 Å². The maximum absolute atomic E-state index is 13.8. The van der Waals surface area contributed by atoms with Crippen molar-refractivity contribution in [2.75, 3.05) is 11.9 Å². The number of nitrogens with one attached hydrogen (secondary N) is 2. The Morgan fingerprint density at radius 2 is 1.66 bits per heavy atom. The zero-order chi connectivity index (χ0) is 28.5. The van der Waals surface area contributed by atoms with Crippen molar-refractivity contribution < 1.29 is 44.7 Å². The van der Waals surface area contributed by atoms with Crippen LogP contribution in [0, 0.1) is 0 Å². The second-order valence-corrected chi connectivity index (χ2v) is 9.67. The number of anilines is 1. The van der Waals surface area contributed by atoms with Gasteiger partial charge in [-0.25, -0.2) is 0 Å². The zero-order valence-corrected chi connectivity index (χ0v) is 21.0. The minimum Gasteiger partial charge on any atom is -0.772 e. The maximum atomic E-state index is 13.8. The Bertz CT molecular complexity index is 1200. The number of hydrogen-bond donors (Lipinski definition) is 2. The molecule has 0 saturated carbocycles. The summed E-state index contributed by atoms with van der Waals surface area (Å²) in [6.45, 7) is 2.13. The van der Waals surface area contributed by atoms with Gasteiger partial charge in [0.05, 0.1) is 0 Å². The minimum atomic E-state index is -5.71. The second-order valence-electron chi connectivity index (χ2n) is 8.77. The van der Waals surface area contributed by atoms with Crippen molar-refractivity contribution in [3.05, 3.63) is 64.7 Å². The van der Waals surface area contributed by atoms with E-state index in [1.54, 1.807) is 11.4 Å². The topological polar surface area (TPSA) is 102 Å². The monoisotopic (exact) mass is 564 g/mol. The van der Waals surface area contributed by atoms with Crippen LogP contribution >= 0.6 is 0 Å². The van der Waals surface area contributed by atoms with E-state index in [0.717, 1.165) is 12.1 Å². The number of hydrogen-bond acceptors (Lipinski definition) is 5. The Kier molecular flexibility index (Phi) is 8.58. The van der Waals surface area contributed by atoms with E-state index in [1.807, 2.05) is 0 Å². The van der Waals surface area contributed by atoms with E-state index in [-0.39, 0.29) is 24.4 Å². The van der Waals surface area contributed by atoms with Gasteiger partial charge >= 0.3 is 12.4 Å². The van der Waals surface area contributed by atoms with Crippen LogP contribution in [0.3, 0.4) is 0 Å². The van der Waals surface area contributed by atoms with E-state index in [1.165, 1.54) is 30.9 Å². The number of halogens is 6. The summed E-state index contributed by atoms with van der Waals surface area (Å²) in [5.41, 5.74) is -4.06. The molecule has 208 valence electrons. The quantitative estimate of drug-likeness (QED) is 0.365. The van der Waals surface area contributed by atoms with Gasteiger partial charge < -0.3 is 14.8 Å². The van der Waals surface area contributed by atoms with Gasteiger partial charge in [0, 0.05) is 24.9 Å². The van der Waals surface area contributed by atoms with Crippen molar-refractivity contribution in [1.82, 2.24) is 10.2 Å². The van der Waals surface area contributed by atoms with Crippen molar-refractivity contribution in [2.45, 2.75) is 56.5 Å². The molecule has 3 rings (SSSR count). The van der Waals surface area contributed by atoms with Crippen molar-refractivity contribution in [1.29, 1.82) is 0 Å². The summed E-state index contributed by atoms with van der Waals surface area (Å²) in [6, 6.07) is 6.55. The molecule has 1 aliphatic rings. The number of carbonyl (C=O) groups is 2. The molecule has 0 aliphatic carbocycles. The molecule has 0 bridgehead atoms. The van der Waals surface area contributed by atoms with Crippen molar-refractivity contribution in [3.8, 4) is 0 Å². The number of carbonyl (C=O) groups excluding carboxylic acids is 2. The van der Waals surface area contributed by atoms with E-state index in [0.29, 0.717) is 28.8 Å². The highest BCUT2D eigenvalue weighted by molar-refractivity contribution is 7.78. The molecule has 1 heterocycles. The summed E-state index contributed by atoms with van der Waals surface area (Å²) in [4.78, 5) is 26.5. The van der Waals surface area contributed by atoms with Crippen LogP contribution in [0.5, 0.6) is 0 Å². The van der Waals surface area contributed by atoms with E-state index in [9.17, 15) is 44.7 Å². The SMILES string of the molecule is CCCNC(c1ccc(NC(=O)C2c3ccc(CS(=O)[O-])cc3CN2C(C)=O)cc1)(C(F)(F)F)C(F)(F)F. The van der Waals surface area contributed by atoms with E-state index in [2.05, 4.69) is 5.32 Å². The summed E-state index contributed by atoms with van der Waals surface area (Å²) in [5.74, 6) is -1.47. The molecule has 0 spiro atoms. The number of fused-ring (bicyclic) bond motifs is 1. The first-order valence-corrected chi connectivity index (χ1v) is 12.6. The maximum Gasteiger partial charge on any atom is 0.419 e. The third kappa shape index (κ3) is 5.71. The summed E-state index contributed by atoms with van der Waals surface area (Å²) in [5, 5.41) is 4.05. The third-order valence-corrected chi connectivity index (χ3v) is 6.74. The second kappa shape index (κ2) is 11.0. The van der Waals surface area contributed by atoms with Crippen LogP contribution in [0.15, 0.2) is 42.5 Å². The van der Waals surface area contributed by atoms with Gasteiger partial charge in [-0.2, -0.15) is 26.3 Å². The third-order valence-electron chi connectivity index (χ3n) is 6.17. The number of rotatable bonds is 8. The van der Waals surface area contributed by atoms with Crippen LogP contribution in [0.25, 0.3) is 0 Å². The number of alkyl halides is 6. The minimum absolute atomic E-state index is 0.0177. The first-order chi connectivity index (χ1) is 17.6. The van der Waals surface area contributed by atoms with Crippen LogP contribution in [0.4, 0.5) is 32.0 Å². The summed E-state index contributed by atoms with van der Waals surface area (Å²) in [6.07, 6.45) is -11.4. The average molecular weight is 565 g/mol. The standard InChI is InChI=1S/C24H25F6N3O4S/c1-3-10-31-22(23(25,26)27,24(28,29)30)17-5-7-18(8-6-17)32-21(35)20-19-9-4-15(13-38(36)37)11-16(19)12-33(20)14(2)34/h4-9,11,20,31H,3,10,12-13H2,1-2H3,(H,32,35)(H,36,37)/p-1. The Hall–Kier alpha value is -2.97. The number of nitrogens with zero attached hydrogens (tertiary/aromatic N) is 1. The Balaban J connectivity index is 1.91. The highest BCUT2D eigenvalue weighted by Gasteiger charge is 2.71. The van der Waals surface area contributed by atoms with E-state index < -0.39 is 58.9 Å². The molecule has 14 heteroatoms. The van der Waals surface area contributed by atoms with Gasteiger partial charge in [-0.3, -0.25) is 19.1 Å². The highest BCUT2D eigenvalue weighted by atomic mass is 32.2. The van der Waals surface area contributed by atoms with Crippen molar-refractivity contribution >= 4 is 28.6 Å². The van der Waals surface area contributed by atoms with Gasteiger partial charge in [0.1, 0.15) is 6.04 Å². The molecule has 2 atom stereocenters. The normalized spacial score (nSPS) is 16.8. The molecule has 2 N–H and O–H groups in total. The van der Waals surface area contributed by atoms with Gasteiger partial charge in [0.25, 0.3) is 5.91 Å². The molecular weight excluding hydrogens is 540 g/mol. The lowest BCUT2D eigenvalue weighted by Gasteiger charge is -2.38. The molecule has 2 amide bonds. The molecule has 38 heavy (non-hydrogen) atoms. The van der Waals surface area contributed by atoms with Gasteiger partial charge in [-0.15, -0.1) is 0 Å². The van der Waals surface area contributed by atoms with Crippen LogP contribution in [-0.2, 0) is 38.5 Å². The van der Waals surface area contributed by atoms with Crippen molar-refractivity contribution in [2.24, 2.45) is 0 Å². The number of amides is 2.